The molecule has 2 aromatic rings. The molecule has 0 spiro atoms. The van der Waals surface area contributed by atoms with E-state index in [0.29, 0.717) is 11.6 Å². The van der Waals surface area contributed by atoms with E-state index in [1.807, 2.05) is 12.1 Å². The Bertz CT molecular complexity index is 652. The van der Waals surface area contributed by atoms with Gasteiger partial charge in [0.05, 0.1) is 11.7 Å². The molecule has 130 valence electrons. The van der Waals surface area contributed by atoms with E-state index in [0.717, 1.165) is 51.3 Å². The lowest BCUT2D eigenvalue weighted by Crippen LogP contribution is -2.47. The molecule has 1 unspecified atom stereocenters. The Balaban J connectivity index is 1.58. The first-order valence-electron chi connectivity index (χ1n) is 8.75. The van der Waals surface area contributed by atoms with E-state index in [1.165, 1.54) is 6.07 Å². The van der Waals surface area contributed by atoms with E-state index in [1.54, 1.807) is 6.07 Å². The topological polar surface area (TPSA) is 45.4 Å². The molecule has 1 atom stereocenters. The number of piperazine rings is 1. The molecular formula is C18H25FN4O. The van der Waals surface area contributed by atoms with Crippen LogP contribution in [-0.2, 0) is 6.42 Å². The summed E-state index contributed by atoms with van der Waals surface area (Å²) in [5.74, 6) is 1.32. The maximum absolute atomic E-state index is 13.9. The number of hydrogen-bond acceptors (Lipinski definition) is 5. The highest BCUT2D eigenvalue weighted by molar-refractivity contribution is 5.48. The Morgan fingerprint density at radius 2 is 1.96 bits per heavy atom. The lowest BCUT2D eigenvalue weighted by atomic mass is 10.2. The molecule has 0 amide bonds. The number of aromatic nitrogens is 2. The monoisotopic (exact) mass is 332 g/mol. The summed E-state index contributed by atoms with van der Waals surface area (Å²) >= 11 is 0. The SMILES string of the molecule is CCCCc1noc(C(C)N2CCN(c3ccccc3F)CC2)n1. The van der Waals surface area contributed by atoms with Crippen LogP contribution in [0.1, 0.15) is 44.4 Å². The molecule has 6 heteroatoms. The predicted molar refractivity (Wildman–Crippen MR) is 91.5 cm³/mol. The van der Waals surface area contributed by atoms with Gasteiger partial charge in [-0.3, -0.25) is 4.90 Å². The summed E-state index contributed by atoms with van der Waals surface area (Å²) in [6.07, 6.45) is 3.07. The summed E-state index contributed by atoms with van der Waals surface area (Å²) in [6, 6.07) is 7.05. The third-order valence-electron chi connectivity index (χ3n) is 4.65. The second-order valence-corrected chi connectivity index (χ2v) is 6.30. The fraction of sp³-hybridized carbons (Fsp3) is 0.556. The fourth-order valence-electron chi connectivity index (χ4n) is 3.09. The minimum Gasteiger partial charge on any atom is -0.367 e. The number of rotatable bonds is 6. The van der Waals surface area contributed by atoms with Gasteiger partial charge in [-0.25, -0.2) is 4.39 Å². The molecule has 0 aliphatic carbocycles. The molecule has 1 aliphatic heterocycles. The van der Waals surface area contributed by atoms with Crippen molar-refractivity contribution in [2.45, 2.75) is 39.2 Å². The molecule has 1 fully saturated rings. The highest BCUT2D eigenvalue weighted by atomic mass is 19.1. The van der Waals surface area contributed by atoms with Crippen LogP contribution in [0.3, 0.4) is 0 Å². The van der Waals surface area contributed by atoms with Crippen LogP contribution in [0.25, 0.3) is 0 Å². The molecule has 2 heterocycles. The lowest BCUT2D eigenvalue weighted by molar-refractivity contribution is 0.164. The quantitative estimate of drug-likeness (QED) is 0.811. The number of unbranched alkanes of at least 4 members (excludes halogenated alkanes) is 1. The molecule has 0 saturated carbocycles. The van der Waals surface area contributed by atoms with Crippen molar-refractivity contribution in [3.63, 3.8) is 0 Å². The Hall–Kier alpha value is -1.95. The van der Waals surface area contributed by atoms with E-state index in [4.69, 9.17) is 4.52 Å². The summed E-state index contributed by atoms with van der Waals surface area (Å²) < 4.78 is 19.3. The van der Waals surface area contributed by atoms with Gasteiger partial charge < -0.3 is 9.42 Å². The number of halogens is 1. The fourth-order valence-corrected chi connectivity index (χ4v) is 3.09. The zero-order valence-electron chi connectivity index (χ0n) is 14.4. The van der Waals surface area contributed by atoms with Crippen LogP contribution in [-0.4, -0.2) is 41.2 Å². The number of anilines is 1. The smallest absolute Gasteiger partial charge is 0.243 e. The predicted octanol–water partition coefficient (Wildman–Crippen LogP) is 3.43. The highest BCUT2D eigenvalue weighted by Crippen LogP contribution is 2.24. The summed E-state index contributed by atoms with van der Waals surface area (Å²) in [4.78, 5) is 8.93. The average Bonchev–Trinajstić information content (AvgIpc) is 3.09. The summed E-state index contributed by atoms with van der Waals surface area (Å²) in [6.45, 7) is 7.53. The maximum Gasteiger partial charge on any atom is 0.243 e. The van der Waals surface area contributed by atoms with Crippen LogP contribution in [0.4, 0.5) is 10.1 Å². The van der Waals surface area contributed by atoms with Crippen LogP contribution in [0.5, 0.6) is 0 Å². The largest absolute Gasteiger partial charge is 0.367 e. The Morgan fingerprint density at radius 1 is 1.21 bits per heavy atom. The van der Waals surface area contributed by atoms with Gasteiger partial charge in [0.2, 0.25) is 5.89 Å². The Kier molecular flexibility index (Phi) is 5.45. The Labute approximate surface area is 142 Å². The van der Waals surface area contributed by atoms with Crippen molar-refractivity contribution in [3.05, 3.63) is 41.8 Å². The van der Waals surface area contributed by atoms with Gasteiger partial charge in [0.15, 0.2) is 5.82 Å². The van der Waals surface area contributed by atoms with Crippen molar-refractivity contribution < 1.29 is 8.91 Å². The number of nitrogens with zero attached hydrogens (tertiary/aromatic N) is 4. The molecule has 1 saturated heterocycles. The van der Waals surface area contributed by atoms with Gasteiger partial charge in [0.1, 0.15) is 5.82 Å². The van der Waals surface area contributed by atoms with Gasteiger partial charge in [0, 0.05) is 32.6 Å². The first kappa shape index (κ1) is 16.9. The molecule has 24 heavy (non-hydrogen) atoms. The van der Waals surface area contributed by atoms with Gasteiger partial charge in [-0.2, -0.15) is 4.98 Å². The lowest BCUT2D eigenvalue weighted by Gasteiger charge is -2.38. The van der Waals surface area contributed by atoms with E-state index < -0.39 is 0 Å². The molecule has 0 bridgehead atoms. The zero-order valence-corrected chi connectivity index (χ0v) is 14.4. The van der Waals surface area contributed by atoms with Crippen LogP contribution in [0.2, 0.25) is 0 Å². The van der Waals surface area contributed by atoms with E-state index in [-0.39, 0.29) is 11.9 Å². The van der Waals surface area contributed by atoms with Crippen LogP contribution in [0, 0.1) is 5.82 Å². The van der Waals surface area contributed by atoms with Crippen LogP contribution in [0.15, 0.2) is 28.8 Å². The highest BCUT2D eigenvalue weighted by Gasteiger charge is 2.26. The molecule has 1 aliphatic rings. The van der Waals surface area contributed by atoms with Gasteiger partial charge in [-0.15, -0.1) is 0 Å². The van der Waals surface area contributed by atoms with E-state index >= 15 is 0 Å². The minimum absolute atomic E-state index is 0.0932. The number of hydrogen-bond donors (Lipinski definition) is 0. The van der Waals surface area contributed by atoms with Gasteiger partial charge in [-0.05, 0) is 25.5 Å². The van der Waals surface area contributed by atoms with Crippen molar-refractivity contribution >= 4 is 5.69 Å². The minimum atomic E-state index is -0.156. The van der Waals surface area contributed by atoms with Crippen molar-refractivity contribution in [1.29, 1.82) is 0 Å². The summed E-state index contributed by atoms with van der Waals surface area (Å²) in [7, 11) is 0. The van der Waals surface area contributed by atoms with Crippen LogP contribution < -0.4 is 4.90 Å². The normalized spacial score (nSPS) is 17.2. The Morgan fingerprint density at radius 3 is 2.67 bits per heavy atom. The zero-order chi connectivity index (χ0) is 16.9. The number of benzene rings is 1. The van der Waals surface area contributed by atoms with E-state index in [9.17, 15) is 4.39 Å². The molecule has 5 nitrogen and oxygen atoms in total. The van der Waals surface area contributed by atoms with Crippen molar-refractivity contribution in [2.24, 2.45) is 0 Å². The van der Waals surface area contributed by atoms with Crippen molar-refractivity contribution in [1.82, 2.24) is 15.0 Å². The molecule has 0 radical (unpaired) electrons. The van der Waals surface area contributed by atoms with Gasteiger partial charge >= 0.3 is 0 Å². The third kappa shape index (κ3) is 3.75. The standard InChI is InChI=1S/C18H25FN4O/c1-3-4-9-17-20-18(24-21-17)14(2)22-10-12-23(13-11-22)16-8-6-5-7-15(16)19/h5-8,14H,3-4,9-13H2,1-2H3. The number of para-hydroxylation sites is 1. The summed E-state index contributed by atoms with van der Waals surface area (Å²) in [5.41, 5.74) is 0.685. The van der Waals surface area contributed by atoms with Gasteiger partial charge in [-0.1, -0.05) is 30.6 Å². The molecule has 3 rings (SSSR count). The van der Waals surface area contributed by atoms with Crippen molar-refractivity contribution in [3.8, 4) is 0 Å². The number of aryl methyl sites for hydroxylation is 1. The molecular weight excluding hydrogens is 307 g/mol. The average molecular weight is 332 g/mol. The first-order valence-corrected chi connectivity index (χ1v) is 8.75. The second kappa shape index (κ2) is 7.75. The maximum atomic E-state index is 13.9. The van der Waals surface area contributed by atoms with Gasteiger partial charge in [0.25, 0.3) is 0 Å². The summed E-state index contributed by atoms with van der Waals surface area (Å²) in [5, 5.41) is 4.07. The molecule has 1 aromatic heterocycles. The second-order valence-electron chi connectivity index (χ2n) is 6.30. The first-order chi connectivity index (χ1) is 11.7. The molecule has 0 N–H and O–H groups in total. The van der Waals surface area contributed by atoms with Crippen LogP contribution >= 0.6 is 0 Å². The third-order valence-corrected chi connectivity index (χ3v) is 4.65. The molecule has 1 aromatic carbocycles. The van der Waals surface area contributed by atoms with E-state index in [2.05, 4.69) is 33.8 Å². The van der Waals surface area contributed by atoms with Crippen molar-refractivity contribution in [2.75, 3.05) is 31.1 Å².